The molecule has 248 valence electrons. The summed E-state index contributed by atoms with van der Waals surface area (Å²) in [7, 11) is 3.90. The molecule has 1 aliphatic heterocycles. The van der Waals surface area contributed by atoms with E-state index in [2.05, 4.69) is 149 Å². The molecule has 2 nitrogen and oxygen atoms in total. The van der Waals surface area contributed by atoms with Crippen molar-refractivity contribution in [3.8, 4) is 0 Å². The number of hydrogen-bond acceptors (Lipinski definition) is 2. The monoisotopic (exact) mass is 720 g/mol. The van der Waals surface area contributed by atoms with Crippen molar-refractivity contribution in [1.82, 2.24) is 0 Å². The second kappa shape index (κ2) is 14.1. The molecule has 0 aromatic heterocycles. The average molecular weight is 721 g/mol. The second-order valence-electron chi connectivity index (χ2n) is 18.9. The summed E-state index contributed by atoms with van der Waals surface area (Å²) in [5.74, 6) is 0. The van der Waals surface area contributed by atoms with Crippen LogP contribution in [0.1, 0.15) is 158 Å². The molecular formula is C38H58O2P2Si4. The molecule has 0 bridgehead atoms. The zero-order chi connectivity index (χ0) is 35.3. The SMILES string of the molecule is CC(C)(C)c1cc(C(C)(C)C)c(P=C2[Si]O[Si]C(=Pc3c(C(C)(C)C)cc(C(C)(C)C)cc3C(C)(C)C)[Si]O[Si]2)c(C(C)(C)C)c1. The van der Waals surface area contributed by atoms with Crippen LogP contribution in [0, 0.1) is 0 Å². The summed E-state index contributed by atoms with van der Waals surface area (Å²) in [5.41, 5.74) is 9.01. The van der Waals surface area contributed by atoms with Gasteiger partial charge in [-0.3, -0.25) is 0 Å². The van der Waals surface area contributed by atoms with Gasteiger partial charge in [0.1, 0.15) is 0 Å². The summed E-state index contributed by atoms with van der Waals surface area (Å²) >= 11 is 0. The Hall–Kier alpha value is -0.432. The molecule has 0 spiro atoms. The van der Waals surface area contributed by atoms with Crippen LogP contribution in [0.3, 0.4) is 0 Å². The van der Waals surface area contributed by atoms with E-state index in [1.807, 2.05) is 0 Å². The Morgan fingerprint density at radius 3 is 0.761 bits per heavy atom. The maximum absolute atomic E-state index is 6.60. The zero-order valence-electron chi connectivity index (χ0n) is 32.0. The molecular weight excluding hydrogens is 663 g/mol. The van der Waals surface area contributed by atoms with Crippen molar-refractivity contribution >= 4 is 75.2 Å². The van der Waals surface area contributed by atoms with E-state index < -0.39 is 0 Å². The van der Waals surface area contributed by atoms with E-state index in [9.17, 15) is 0 Å². The van der Waals surface area contributed by atoms with Gasteiger partial charge < -0.3 is 8.23 Å². The van der Waals surface area contributed by atoms with Gasteiger partial charge in [0.2, 0.25) is 0 Å². The first kappa shape index (κ1) is 40.0. The fourth-order valence-corrected chi connectivity index (χ4v) is 15.6. The van der Waals surface area contributed by atoms with Gasteiger partial charge in [0.25, 0.3) is 39.1 Å². The van der Waals surface area contributed by atoms with Crippen molar-refractivity contribution in [2.45, 2.75) is 157 Å². The molecule has 46 heavy (non-hydrogen) atoms. The lowest BCUT2D eigenvalue weighted by Crippen LogP contribution is -2.36. The van der Waals surface area contributed by atoms with Crippen LogP contribution in [-0.4, -0.2) is 48.1 Å². The van der Waals surface area contributed by atoms with Crippen molar-refractivity contribution in [3.05, 3.63) is 57.6 Å². The fraction of sp³-hybridized carbons (Fsp3) is 0.632. The van der Waals surface area contributed by atoms with Crippen molar-refractivity contribution in [3.63, 3.8) is 0 Å². The largest absolute Gasteiger partial charge is 0.450 e. The highest BCUT2D eigenvalue weighted by Crippen LogP contribution is 2.37. The van der Waals surface area contributed by atoms with Gasteiger partial charge in [0.15, 0.2) is 0 Å². The first-order chi connectivity index (χ1) is 20.6. The minimum Gasteiger partial charge on any atom is -0.450 e. The summed E-state index contributed by atoms with van der Waals surface area (Å²) in [6.07, 6.45) is 0. The topological polar surface area (TPSA) is 18.5 Å². The van der Waals surface area contributed by atoms with Crippen molar-refractivity contribution in [1.29, 1.82) is 0 Å². The van der Waals surface area contributed by atoms with E-state index >= 15 is 0 Å². The molecule has 1 heterocycles. The van der Waals surface area contributed by atoms with Crippen molar-refractivity contribution in [2.24, 2.45) is 0 Å². The Labute approximate surface area is 296 Å². The van der Waals surface area contributed by atoms with E-state index in [1.165, 1.54) is 69.5 Å². The van der Waals surface area contributed by atoms with Gasteiger partial charge in [-0.05, 0) is 75.0 Å². The molecule has 1 aliphatic rings. The van der Waals surface area contributed by atoms with Crippen LogP contribution < -0.4 is 10.6 Å². The van der Waals surface area contributed by atoms with Crippen LogP contribution in [0.5, 0.6) is 0 Å². The quantitative estimate of drug-likeness (QED) is 0.228. The maximum Gasteiger partial charge on any atom is 0.254 e. The van der Waals surface area contributed by atoms with Crippen LogP contribution in [0.2, 0.25) is 0 Å². The van der Waals surface area contributed by atoms with Crippen LogP contribution in [-0.2, 0) is 40.7 Å². The summed E-state index contributed by atoms with van der Waals surface area (Å²) in [6.45, 7) is 42.3. The molecule has 8 radical (unpaired) electrons. The highest BCUT2D eigenvalue weighted by atomic mass is 31.1. The van der Waals surface area contributed by atoms with Gasteiger partial charge in [0, 0.05) is 10.6 Å². The molecule has 2 aromatic carbocycles. The van der Waals surface area contributed by atoms with Crippen LogP contribution in [0.15, 0.2) is 24.3 Å². The average Bonchev–Trinajstić information content (AvgIpc) is 2.82. The zero-order valence-corrected chi connectivity index (χ0v) is 37.8. The lowest BCUT2D eigenvalue weighted by atomic mass is 9.75. The van der Waals surface area contributed by atoms with Gasteiger partial charge in [-0.2, -0.15) is 0 Å². The molecule has 1 fully saturated rings. The predicted octanol–water partition coefficient (Wildman–Crippen LogP) is 9.01. The fourth-order valence-electron chi connectivity index (χ4n) is 5.26. The first-order valence-corrected chi connectivity index (χ1v) is 21.9. The number of rotatable bonds is 2. The smallest absolute Gasteiger partial charge is 0.254 e. The number of benzene rings is 2. The third kappa shape index (κ3) is 10.3. The highest BCUT2D eigenvalue weighted by Gasteiger charge is 2.31. The molecule has 0 unspecified atom stereocenters. The van der Waals surface area contributed by atoms with E-state index in [4.69, 9.17) is 8.23 Å². The molecule has 0 N–H and O–H groups in total. The van der Waals surface area contributed by atoms with E-state index in [1.54, 1.807) is 0 Å². The molecule has 2 aromatic rings. The summed E-state index contributed by atoms with van der Waals surface area (Å²) in [6, 6.07) is 9.92. The van der Waals surface area contributed by atoms with Gasteiger partial charge in [-0.25, -0.2) is 0 Å². The standard InChI is InChI=1S/C38H58O2P2Si4/c1-33(2,3)23-19-25(35(7,8)9)29(26(20-23)36(10,11)12)41-31-43-39-45-32(46-40-44-31)42-30-27(37(13,14)15)21-24(34(4,5)6)22-28(30)38(16,17)18/h19-22H,1-18H3. The first-order valence-electron chi connectivity index (χ1n) is 16.5. The summed E-state index contributed by atoms with van der Waals surface area (Å²) in [5, 5.41) is 2.90. The van der Waals surface area contributed by atoms with Crippen molar-refractivity contribution in [2.75, 3.05) is 0 Å². The highest BCUT2D eigenvalue weighted by molar-refractivity contribution is 7.62. The molecule has 8 heteroatoms. The Bertz CT molecular complexity index is 1290. The Balaban J connectivity index is 2.07. The lowest BCUT2D eigenvalue weighted by Gasteiger charge is -2.33. The molecule has 3 rings (SSSR count). The molecule has 0 amide bonds. The Morgan fingerprint density at radius 1 is 0.370 bits per heavy atom. The van der Waals surface area contributed by atoms with E-state index in [-0.39, 0.29) is 32.5 Å². The van der Waals surface area contributed by atoms with Gasteiger partial charge in [-0.15, -0.1) is 0 Å². The van der Waals surface area contributed by atoms with Crippen LogP contribution in [0.25, 0.3) is 0 Å². The third-order valence-electron chi connectivity index (χ3n) is 8.22. The maximum atomic E-state index is 6.60. The van der Waals surface area contributed by atoms with Crippen LogP contribution >= 0.6 is 16.4 Å². The van der Waals surface area contributed by atoms with Crippen molar-refractivity contribution < 1.29 is 8.23 Å². The van der Waals surface area contributed by atoms with Gasteiger partial charge >= 0.3 is 0 Å². The molecule has 0 aliphatic carbocycles. The lowest BCUT2D eigenvalue weighted by molar-refractivity contribution is 0.553. The van der Waals surface area contributed by atoms with Gasteiger partial charge in [-0.1, -0.05) is 165 Å². The summed E-state index contributed by atoms with van der Waals surface area (Å²) < 4.78 is 15.9. The molecule has 1 saturated heterocycles. The third-order valence-corrected chi connectivity index (χ3v) is 16.1. The summed E-state index contributed by atoms with van der Waals surface area (Å²) in [4.78, 5) is 0. The van der Waals surface area contributed by atoms with E-state index in [0.29, 0.717) is 39.1 Å². The second-order valence-corrected chi connectivity index (χ2v) is 28.2. The minimum absolute atomic E-state index is 0.0428. The molecule has 0 saturated carbocycles. The van der Waals surface area contributed by atoms with E-state index in [0.717, 1.165) is 0 Å². The molecule has 0 atom stereocenters. The van der Waals surface area contributed by atoms with Gasteiger partial charge in [0.05, 0.1) is 0 Å². The Kier molecular flexibility index (Phi) is 12.2. The minimum atomic E-state index is 0.0428. The number of hydrogen-bond donors (Lipinski definition) is 0. The Morgan fingerprint density at radius 2 is 0.587 bits per heavy atom. The van der Waals surface area contributed by atoms with Crippen LogP contribution in [0.4, 0.5) is 0 Å². The normalized spacial score (nSPS) is 16.7. The predicted molar refractivity (Wildman–Crippen MR) is 213 cm³/mol.